The Kier molecular flexibility index (Phi) is 3.36. The van der Waals surface area contributed by atoms with Crippen molar-refractivity contribution in [1.82, 2.24) is 25.1 Å². The number of nitrogens with zero attached hydrogens (tertiary/aromatic N) is 4. The Bertz CT molecular complexity index is 819. The highest BCUT2D eigenvalue weighted by Gasteiger charge is 2.42. The van der Waals surface area contributed by atoms with Gasteiger partial charge in [-0.15, -0.1) is 0 Å². The van der Waals surface area contributed by atoms with Gasteiger partial charge in [-0.25, -0.2) is 4.98 Å². The van der Waals surface area contributed by atoms with E-state index in [-0.39, 0.29) is 11.6 Å². The first-order valence-electron chi connectivity index (χ1n) is 7.83. The minimum atomic E-state index is -0.838. The Morgan fingerprint density at radius 2 is 2.00 bits per heavy atom. The predicted molar refractivity (Wildman–Crippen MR) is 83.2 cm³/mol. The third-order valence-electron chi connectivity index (χ3n) is 4.82. The standard InChI is InChI=1S/C15H17FN6O2/c1-8-12(16)13(23)19-15(18-8)22-6-9-4-21(5-10(9)7-22)14(24)11-2-3-17-20-11/h2-3,9-10H,4-7H2,1H3,(H,17,20)(H,18,19,23). The molecule has 24 heavy (non-hydrogen) atoms. The Hall–Kier alpha value is -2.71. The Morgan fingerprint density at radius 3 is 2.58 bits per heavy atom. The molecule has 2 atom stereocenters. The fraction of sp³-hybridized carbons (Fsp3) is 0.467. The summed E-state index contributed by atoms with van der Waals surface area (Å²) in [5, 5.41) is 6.50. The average molecular weight is 332 g/mol. The third kappa shape index (κ3) is 2.36. The average Bonchev–Trinajstić information content (AvgIpc) is 3.26. The summed E-state index contributed by atoms with van der Waals surface area (Å²) in [6, 6.07) is 1.67. The number of aromatic amines is 2. The van der Waals surface area contributed by atoms with Crippen LogP contribution in [0.15, 0.2) is 17.1 Å². The molecule has 0 saturated carbocycles. The van der Waals surface area contributed by atoms with E-state index in [4.69, 9.17) is 0 Å². The molecule has 1 amide bonds. The number of rotatable bonds is 2. The fourth-order valence-corrected chi connectivity index (χ4v) is 3.58. The molecule has 0 bridgehead atoms. The maximum Gasteiger partial charge on any atom is 0.288 e. The van der Waals surface area contributed by atoms with Gasteiger partial charge in [0.15, 0.2) is 0 Å². The molecule has 2 aliphatic rings. The van der Waals surface area contributed by atoms with E-state index in [1.165, 1.54) is 6.92 Å². The predicted octanol–water partition coefficient (Wildman–Crippen LogP) is 0.149. The molecule has 2 aromatic heterocycles. The van der Waals surface area contributed by atoms with Crippen LogP contribution >= 0.6 is 0 Å². The van der Waals surface area contributed by atoms with Gasteiger partial charge in [-0.2, -0.15) is 9.49 Å². The maximum absolute atomic E-state index is 13.4. The number of carbonyl (C=O) groups is 1. The van der Waals surface area contributed by atoms with Crippen LogP contribution in [0, 0.1) is 24.6 Å². The molecular weight excluding hydrogens is 315 g/mol. The summed E-state index contributed by atoms with van der Waals surface area (Å²) < 4.78 is 13.4. The van der Waals surface area contributed by atoms with Gasteiger partial charge in [-0.3, -0.25) is 19.7 Å². The van der Waals surface area contributed by atoms with Crippen molar-refractivity contribution in [3.63, 3.8) is 0 Å². The van der Waals surface area contributed by atoms with Gasteiger partial charge in [-0.1, -0.05) is 0 Å². The van der Waals surface area contributed by atoms with Crippen molar-refractivity contribution in [2.45, 2.75) is 6.92 Å². The van der Waals surface area contributed by atoms with Crippen LogP contribution in [0.2, 0.25) is 0 Å². The van der Waals surface area contributed by atoms with E-state index in [9.17, 15) is 14.0 Å². The molecule has 2 aliphatic heterocycles. The second-order valence-corrected chi connectivity index (χ2v) is 6.39. The van der Waals surface area contributed by atoms with E-state index < -0.39 is 11.4 Å². The maximum atomic E-state index is 13.4. The lowest BCUT2D eigenvalue weighted by Crippen LogP contribution is -2.34. The lowest BCUT2D eigenvalue weighted by molar-refractivity contribution is 0.0776. The smallest absolute Gasteiger partial charge is 0.288 e. The molecule has 2 saturated heterocycles. The van der Waals surface area contributed by atoms with Crippen LogP contribution in [0.25, 0.3) is 0 Å². The molecule has 0 aliphatic carbocycles. The number of anilines is 1. The number of fused-ring (bicyclic) bond motifs is 1. The van der Waals surface area contributed by atoms with Gasteiger partial charge in [0.25, 0.3) is 11.5 Å². The summed E-state index contributed by atoms with van der Waals surface area (Å²) >= 11 is 0. The number of nitrogens with one attached hydrogen (secondary N) is 2. The summed E-state index contributed by atoms with van der Waals surface area (Å²) in [5.74, 6) is 0.145. The van der Waals surface area contributed by atoms with Gasteiger partial charge in [0.2, 0.25) is 11.8 Å². The number of amides is 1. The molecule has 0 spiro atoms. The van der Waals surface area contributed by atoms with Crippen LogP contribution in [0.5, 0.6) is 0 Å². The second kappa shape index (κ2) is 5.43. The highest BCUT2D eigenvalue weighted by molar-refractivity contribution is 5.92. The Labute approximate surface area is 136 Å². The van der Waals surface area contributed by atoms with Gasteiger partial charge in [0.1, 0.15) is 5.69 Å². The van der Waals surface area contributed by atoms with E-state index >= 15 is 0 Å². The van der Waals surface area contributed by atoms with E-state index in [1.54, 1.807) is 12.3 Å². The second-order valence-electron chi connectivity index (χ2n) is 6.39. The van der Waals surface area contributed by atoms with Gasteiger partial charge < -0.3 is 9.80 Å². The van der Waals surface area contributed by atoms with Crippen molar-refractivity contribution in [1.29, 1.82) is 0 Å². The van der Waals surface area contributed by atoms with Gasteiger partial charge in [0.05, 0.1) is 5.69 Å². The molecule has 2 N–H and O–H groups in total. The Balaban J connectivity index is 1.47. The zero-order valence-electron chi connectivity index (χ0n) is 13.1. The number of halogens is 1. The summed E-state index contributed by atoms with van der Waals surface area (Å²) in [7, 11) is 0. The van der Waals surface area contributed by atoms with Crippen LogP contribution in [-0.4, -0.2) is 57.2 Å². The van der Waals surface area contributed by atoms with Crippen LogP contribution < -0.4 is 10.5 Å². The van der Waals surface area contributed by atoms with Crippen LogP contribution in [0.3, 0.4) is 0 Å². The zero-order chi connectivity index (χ0) is 16.8. The first-order chi connectivity index (χ1) is 11.5. The number of hydrogen-bond donors (Lipinski definition) is 2. The molecule has 9 heteroatoms. The number of carbonyl (C=O) groups excluding carboxylic acids is 1. The van der Waals surface area contributed by atoms with Crippen molar-refractivity contribution in [3.8, 4) is 0 Å². The van der Waals surface area contributed by atoms with Gasteiger partial charge in [-0.05, 0) is 13.0 Å². The first kappa shape index (κ1) is 14.9. The van der Waals surface area contributed by atoms with Crippen molar-refractivity contribution in [2.24, 2.45) is 11.8 Å². The zero-order valence-corrected chi connectivity index (χ0v) is 13.1. The molecule has 4 heterocycles. The van der Waals surface area contributed by atoms with Gasteiger partial charge in [0, 0.05) is 44.2 Å². The number of aromatic nitrogens is 4. The number of H-pyrrole nitrogens is 2. The molecule has 2 aromatic rings. The summed E-state index contributed by atoms with van der Waals surface area (Å²) in [6.45, 7) is 4.17. The largest absolute Gasteiger partial charge is 0.342 e. The Morgan fingerprint density at radius 1 is 1.29 bits per heavy atom. The van der Waals surface area contributed by atoms with Crippen molar-refractivity contribution in [2.75, 3.05) is 31.1 Å². The monoisotopic (exact) mass is 332 g/mol. The quantitative estimate of drug-likeness (QED) is 0.816. The van der Waals surface area contributed by atoms with Crippen LogP contribution in [0.1, 0.15) is 16.2 Å². The number of hydrogen-bond acceptors (Lipinski definition) is 5. The minimum absolute atomic E-state index is 0.0439. The van der Waals surface area contributed by atoms with E-state index in [0.29, 0.717) is 49.7 Å². The summed E-state index contributed by atoms with van der Waals surface area (Å²) in [6.07, 6.45) is 1.56. The molecule has 8 nitrogen and oxygen atoms in total. The highest BCUT2D eigenvalue weighted by Crippen LogP contribution is 2.33. The molecule has 0 aromatic carbocycles. The molecule has 2 unspecified atom stereocenters. The normalized spacial score (nSPS) is 22.9. The number of likely N-dealkylation sites (tertiary alicyclic amines) is 1. The molecule has 126 valence electrons. The molecule has 4 rings (SSSR count). The summed E-state index contributed by atoms with van der Waals surface area (Å²) in [5.41, 5.74) is -0.153. The van der Waals surface area contributed by atoms with E-state index in [2.05, 4.69) is 20.2 Å². The van der Waals surface area contributed by atoms with Crippen molar-refractivity contribution >= 4 is 11.9 Å². The first-order valence-corrected chi connectivity index (χ1v) is 7.83. The molecule has 2 fully saturated rings. The lowest BCUT2D eigenvalue weighted by Gasteiger charge is -2.22. The molecule has 0 radical (unpaired) electrons. The van der Waals surface area contributed by atoms with Crippen LogP contribution in [0.4, 0.5) is 10.3 Å². The van der Waals surface area contributed by atoms with Crippen LogP contribution in [-0.2, 0) is 0 Å². The molecular formula is C15H17FN6O2. The van der Waals surface area contributed by atoms with E-state index in [0.717, 1.165) is 0 Å². The topological polar surface area (TPSA) is 98.0 Å². The SMILES string of the molecule is Cc1nc(N2CC3CN(C(=O)c4ccn[nH]4)CC3C2)[nH]c(=O)c1F. The van der Waals surface area contributed by atoms with Crippen molar-refractivity contribution in [3.05, 3.63) is 39.8 Å². The summed E-state index contributed by atoms with van der Waals surface area (Å²) in [4.78, 5) is 34.4. The van der Waals surface area contributed by atoms with Crippen molar-refractivity contribution < 1.29 is 9.18 Å². The third-order valence-corrected chi connectivity index (χ3v) is 4.82. The lowest BCUT2D eigenvalue weighted by atomic mass is 10.0. The highest BCUT2D eigenvalue weighted by atomic mass is 19.1. The van der Waals surface area contributed by atoms with Gasteiger partial charge >= 0.3 is 0 Å². The minimum Gasteiger partial charge on any atom is -0.342 e. The number of aryl methyl sites for hydroxylation is 1. The van der Waals surface area contributed by atoms with E-state index in [1.807, 2.05) is 9.80 Å². The fourth-order valence-electron chi connectivity index (χ4n) is 3.58.